The van der Waals surface area contributed by atoms with E-state index in [9.17, 15) is 19.8 Å². The summed E-state index contributed by atoms with van der Waals surface area (Å²) < 4.78 is 10.4. The minimum absolute atomic E-state index is 0. The molecule has 0 aliphatic carbocycles. The van der Waals surface area contributed by atoms with Gasteiger partial charge in [0.05, 0.1) is 19.2 Å². The van der Waals surface area contributed by atoms with Crippen LogP contribution in [0.1, 0.15) is 61.8 Å². The van der Waals surface area contributed by atoms with Gasteiger partial charge in [0.25, 0.3) is 0 Å². The lowest BCUT2D eigenvalue weighted by molar-refractivity contribution is -0.00128. The number of aliphatic hydroxyl groups excluding tert-OH is 2. The Labute approximate surface area is 206 Å². The predicted molar refractivity (Wildman–Crippen MR) is 126 cm³/mol. The van der Waals surface area contributed by atoms with Crippen molar-refractivity contribution in [3.8, 4) is 0 Å². The highest BCUT2D eigenvalue weighted by molar-refractivity contribution is 5.68. The van der Waals surface area contributed by atoms with Crippen molar-refractivity contribution in [1.82, 2.24) is 19.6 Å². The van der Waals surface area contributed by atoms with Gasteiger partial charge in [0, 0.05) is 13.1 Å². The second-order valence-corrected chi connectivity index (χ2v) is 10.1. The lowest BCUT2D eigenvalue weighted by Gasteiger charge is -2.33. The number of piperidine rings is 2. The third-order valence-corrected chi connectivity index (χ3v) is 4.81. The molecule has 0 aromatic rings. The number of carbonyl (C=O) groups excluding carboxylic acids is 2. The van der Waals surface area contributed by atoms with Crippen LogP contribution in [-0.2, 0) is 9.47 Å². The van der Waals surface area contributed by atoms with Crippen molar-refractivity contribution in [3.05, 3.63) is 0 Å². The van der Waals surface area contributed by atoms with Gasteiger partial charge in [-0.2, -0.15) is 0 Å². The number of ether oxygens (including phenoxy) is 2. The molecule has 200 valence electrons. The van der Waals surface area contributed by atoms with Crippen molar-refractivity contribution in [2.24, 2.45) is 10.2 Å². The van der Waals surface area contributed by atoms with Crippen LogP contribution in [0, 0.1) is 11.1 Å². The Balaban J connectivity index is 0.000000642. The first kappa shape index (κ1) is 32.1. The highest BCUT2D eigenvalue weighted by atomic mass is 16.6. The van der Waals surface area contributed by atoms with E-state index < -0.39 is 47.7 Å². The van der Waals surface area contributed by atoms with Crippen molar-refractivity contribution < 1.29 is 29.3 Å². The largest absolute Gasteiger partial charge is 0.444 e. The molecule has 0 saturated carbocycles. The van der Waals surface area contributed by atoms with Gasteiger partial charge in [0.15, 0.2) is 12.1 Å². The molecule has 2 aliphatic rings. The smallest absolute Gasteiger partial charge is 0.410 e. The molecule has 2 saturated heterocycles. The summed E-state index contributed by atoms with van der Waals surface area (Å²) in [6.45, 7) is 12.1. The maximum Gasteiger partial charge on any atom is 0.410 e. The van der Waals surface area contributed by atoms with Crippen molar-refractivity contribution >= 4 is 12.2 Å². The van der Waals surface area contributed by atoms with Crippen LogP contribution >= 0.6 is 0 Å². The summed E-state index contributed by atoms with van der Waals surface area (Å²) in [5.74, 6) is 0. The summed E-state index contributed by atoms with van der Waals surface area (Å²) >= 11 is 0. The quantitative estimate of drug-likeness (QED) is 0.330. The molecule has 2 aliphatic heterocycles. The van der Waals surface area contributed by atoms with Crippen LogP contribution < -0.4 is 9.82 Å². The average Bonchev–Trinajstić information content (AvgIpc) is 2.69. The van der Waals surface area contributed by atoms with Gasteiger partial charge in [-0.05, 0) is 54.4 Å². The van der Waals surface area contributed by atoms with Gasteiger partial charge in [-0.3, -0.25) is 0 Å². The zero-order chi connectivity index (χ0) is 26.1. The van der Waals surface area contributed by atoms with Crippen LogP contribution in [0.15, 0.2) is 10.2 Å². The Morgan fingerprint density at radius 1 is 0.800 bits per heavy atom. The third kappa shape index (κ3) is 11.9. The van der Waals surface area contributed by atoms with Crippen LogP contribution in [0.25, 0.3) is 0 Å². The normalized spacial score (nSPS) is 24.3. The Morgan fingerprint density at radius 2 is 1.23 bits per heavy atom. The van der Waals surface area contributed by atoms with E-state index in [2.05, 4.69) is 20.1 Å². The van der Waals surface area contributed by atoms with Gasteiger partial charge < -0.3 is 29.5 Å². The van der Waals surface area contributed by atoms with Crippen LogP contribution in [0.5, 0.6) is 0 Å². The van der Waals surface area contributed by atoms with Crippen LogP contribution in [-0.4, -0.2) is 93.9 Å². The number of rotatable bonds is 2. The number of likely N-dealkylation sites (tertiary alicyclic amines) is 2. The van der Waals surface area contributed by atoms with E-state index in [1.165, 1.54) is 9.80 Å². The molecule has 2 rings (SSSR count). The number of aliphatic hydroxyl groups is 2. The second-order valence-electron chi connectivity index (χ2n) is 10.1. The van der Waals surface area contributed by atoms with E-state index in [1.807, 2.05) is 0 Å². The molecular weight excluding hydrogens is 460 g/mol. The summed E-state index contributed by atoms with van der Waals surface area (Å²) in [6, 6.07) is -0.931. The third-order valence-electron chi connectivity index (χ3n) is 4.81. The first-order valence-corrected chi connectivity index (χ1v) is 11.1. The molecule has 4 atom stereocenters. The van der Waals surface area contributed by atoms with E-state index in [-0.39, 0.29) is 20.5 Å². The minimum atomic E-state index is -0.787. The highest BCUT2D eigenvalue weighted by Gasteiger charge is 2.36. The summed E-state index contributed by atoms with van der Waals surface area (Å²) in [5, 5.41) is 26.5. The standard InChI is InChI=1S/2C10H19N4O3.CH4/c1-10(2,3)17-9(16)14-5-4-8(15)7(6-14)12-13-11;1-10(2,3)17-9(16)14-5-4-7(12-13-11)8(15)6-14;/h2*7-8,11,15H,4-6H2,1-3H3;1H4/q2*+1;. The molecule has 35 heavy (non-hydrogen) atoms. The Kier molecular flexibility index (Phi) is 12.7. The Morgan fingerprint density at radius 3 is 1.66 bits per heavy atom. The van der Waals surface area contributed by atoms with Gasteiger partial charge in [0.1, 0.15) is 38.6 Å². The molecule has 0 radical (unpaired) electrons. The minimum Gasteiger partial charge on any atom is -0.444 e. The molecule has 4 N–H and O–H groups in total. The summed E-state index contributed by atoms with van der Waals surface area (Å²) in [5.41, 5.74) is 12.2. The van der Waals surface area contributed by atoms with Crippen molar-refractivity contribution in [2.75, 3.05) is 26.2 Å². The molecule has 4 unspecified atom stereocenters. The first-order chi connectivity index (χ1) is 15.7. The Bertz CT molecular complexity index is 799. The molecule has 2 fully saturated rings. The molecule has 0 aromatic heterocycles. The summed E-state index contributed by atoms with van der Waals surface area (Å²) in [4.78, 5) is 32.3. The fourth-order valence-corrected chi connectivity index (χ4v) is 3.22. The Hall–Kier alpha value is -2.92. The topological polar surface area (TPSA) is 200 Å². The van der Waals surface area contributed by atoms with Crippen LogP contribution in [0.3, 0.4) is 0 Å². The molecule has 2 heterocycles. The van der Waals surface area contributed by atoms with Crippen molar-refractivity contribution in [2.45, 2.75) is 97.3 Å². The van der Waals surface area contributed by atoms with Crippen molar-refractivity contribution in [1.29, 1.82) is 11.1 Å². The number of hydrogen-bond acceptors (Lipinski definition) is 10. The predicted octanol–water partition coefficient (Wildman–Crippen LogP) is 2.45. The average molecular weight is 503 g/mol. The fraction of sp³-hybridized carbons (Fsp3) is 0.905. The zero-order valence-electron chi connectivity index (χ0n) is 20.8. The van der Waals surface area contributed by atoms with Crippen molar-refractivity contribution in [3.63, 3.8) is 0 Å². The lowest BCUT2D eigenvalue weighted by Crippen LogP contribution is -2.49. The van der Waals surface area contributed by atoms with Gasteiger partial charge >= 0.3 is 12.2 Å². The monoisotopic (exact) mass is 502 g/mol. The molecule has 2 amide bonds. The molecule has 14 nitrogen and oxygen atoms in total. The summed E-state index contributed by atoms with van der Waals surface area (Å²) in [7, 11) is 0. The molecule has 0 spiro atoms. The molecular formula is C21H42N8O6+2. The molecule has 14 heteroatoms. The van der Waals surface area contributed by atoms with E-state index in [0.29, 0.717) is 25.9 Å². The van der Waals surface area contributed by atoms with Gasteiger partial charge in [-0.1, -0.05) is 7.43 Å². The number of carbonyl (C=O) groups is 2. The van der Waals surface area contributed by atoms with Gasteiger partial charge in [0.2, 0.25) is 9.82 Å². The van der Waals surface area contributed by atoms with Gasteiger partial charge in [-0.25, -0.2) is 9.59 Å². The van der Waals surface area contributed by atoms with E-state index >= 15 is 0 Å². The number of amides is 2. The number of β-amino-alcohol motifs (C(OH)–C–C–N with tert-alkyl or cyclic N) is 1. The maximum atomic E-state index is 11.8. The summed E-state index contributed by atoms with van der Waals surface area (Å²) in [6.07, 6.45) is -1.38. The number of hydrogen-bond donors (Lipinski definition) is 4. The maximum absolute atomic E-state index is 11.8. The lowest BCUT2D eigenvalue weighted by atomic mass is 10.0. The van der Waals surface area contributed by atoms with Crippen LogP contribution in [0.2, 0.25) is 0 Å². The zero-order valence-corrected chi connectivity index (χ0v) is 20.8. The first-order valence-electron chi connectivity index (χ1n) is 11.1. The molecule has 0 bridgehead atoms. The van der Waals surface area contributed by atoms with E-state index in [1.54, 1.807) is 41.5 Å². The molecule has 0 aromatic carbocycles. The highest BCUT2D eigenvalue weighted by Crippen LogP contribution is 2.18. The second kappa shape index (κ2) is 13.8. The van der Waals surface area contributed by atoms with Crippen LogP contribution in [0.4, 0.5) is 9.59 Å². The number of nitrogens with zero attached hydrogens (tertiary/aromatic N) is 6. The van der Waals surface area contributed by atoms with E-state index in [0.717, 1.165) is 0 Å². The SMILES string of the molecule is C.CC(C)(C)OC(=O)N1CCC(N=[N+]=N)C(O)C1.CC(C)(C)OC(=O)N1CCC(O)C(N=[N+]=N)C1. The number of nitrogens with one attached hydrogen (secondary N) is 2. The fourth-order valence-electron chi connectivity index (χ4n) is 3.22. The van der Waals surface area contributed by atoms with E-state index in [4.69, 9.17) is 20.5 Å². The van der Waals surface area contributed by atoms with Gasteiger partial charge in [-0.15, -0.1) is 0 Å².